The molecule has 0 atom stereocenters. The largest absolute Gasteiger partial charge is 0.364 e. The van der Waals surface area contributed by atoms with Crippen molar-refractivity contribution in [3.05, 3.63) is 34.2 Å². The number of allylic oxidation sites excluding steroid dienone is 4. The van der Waals surface area contributed by atoms with Crippen molar-refractivity contribution in [2.45, 2.75) is 20.3 Å². The van der Waals surface area contributed by atoms with Crippen molar-refractivity contribution in [1.29, 1.82) is 0 Å². The Morgan fingerprint density at radius 2 is 2.29 bits per heavy atom. The number of nitrogens with two attached hydrogens (primary N) is 1. The molecule has 0 spiro atoms. The van der Waals surface area contributed by atoms with Crippen LogP contribution in [0.3, 0.4) is 0 Å². The summed E-state index contributed by atoms with van der Waals surface area (Å²) in [6.45, 7) is 3.94. The third kappa shape index (κ3) is 3.30. The monoisotopic (exact) mass is 297 g/mol. The Balaban J connectivity index is 3.20. The van der Waals surface area contributed by atoms with E-state index in [4.69, 9.17) is 5.73 Å². The summed E-state index contributed by atoms with van der Waals surface area (Å²) in [7, 11) is 1.92. The molecule has 92 valence electrons. The molecular formula is C12H16BrN3O. The highest BCUT2D eigenvalue weighted by atomic mass is 79.9. The summed E-state index contributed by atoms with van der Waals surface area (Å²) in [5.41, 5.74) is 6.57. The molecule has 0 radical (unpaired) electrons. The van der Waals surface area contributed by atoms with E-state index in [2.05, 4.69) is 20.9 Å². The van der Waals surface area contributed by atoms with E-state index in [0.717, 1.165) is 16.6 Å². The maximum atomic E-state index is 11.2. The number of primary amides is 1. The summed E-state index contributed by atoms with van der Waals surface area (Å²) in [5, 5.41) is 0. The molecule has 0 aliphatic carbocycles. The zero-order valence-corrected chi connectivity index (χ0v) is 11.8. The molecule has 0 aromatic heterocycles. The van der Waals surface area contributed by atoms with Gasteiger partial charge in [-0.15, -0.1) is 0 Å². The highest BCUT2D eigenvalue weighted by Gasteiger charge is 2.18. The topological polar surface area (TPSA) is 58.7 Å². The van der Waals surface area contributed by atoms with Crippen LogP contribution < -0.4 is 5.73 Å². The molecule has 0 bridgehead atoms. The second-order valence-corrected chi connectivity index (χ2v) is 4.50. The zero-order valence-electron chi connectivity index (χ0n) is 10.2. The fourth-order valence-corrected chi connectivity index (χ4v) is 1.64. The minimum absolute atomic E-state index is 0.294. The van der Waals surface area contributed by atoms with Gasteiger partial charge in [-0.25, -0.2) is 4.99 Å². The fraction of sp³-hybridized carbons (Fsp3) is 0.333. The van der Waals surface area contributed by atoms with Crippen LogP contribution in [0.4, 0.5) is 0 Å². The average molecular weight is 298 g/mol. The Hall–Kier alpha value is -1.36. The molecule has 0 unspecified atom stereocenters. The Bertz CT molecular complexity index is 447. The van der Waals surface area contributed by atoms with E-state index in [9.17, 15) is 4.79 Å². The molecular weight excluding hydrogens is 282 g/mol. The number of aliphatic imine (C=N–C) groups is 1. The van der Waals surface area contributed by atoms with Gasteiger partial charge in [0.15, 0.2) is 0 Å². The first-order valence-corrected chi connectivity index (χ1v) is 6.15. The van der Waals surface area contributed by atoms with Gasteiger partial charge in [-0.1, -0.05) is 28.9 Å². The molecule has 0 saturated carbocycles. The Morgan fingerprint density at radius 3 is 2.76 bits per heavy atom. The fourth-order valence-electron chi connectivity index (χ4n) is 1.43. The Kier molecular flexibility index (Phi) is 4.69. The van der Waals surface area contributed by atoms with E-state index < -0.39 is 5.91 Å². The van der Waals surface area contributed by atoms with Gasteiger partial charge >= 0.3 is 0 Å². The van der Waals surface area contributed by atoms with Crippen molar-refractivity contribution < 1.29 is 4.79 Å². The Morgan fingerprint density at radius 1 is 1.65 bits per heavy atom. The van der Waals surface area contributed by atoms with E-state index in [1.807, 2.05) is 37.9 Å². The van der Waals surface area contributed by atoms with Crippen molar-refractivity contribution in [2.75, 3.05) is 7.05 Å². The van der Waals surface area contributed by atoms with Gasteiger partial charge in [0, 0.05) is 17.2 Å². The van der Waals surface area contributed by atoms with Crippen molar-refractivity contribution in [1.82, 2.24) is 4.90 Å². The first kappa shape index (κ1) is 13.7. The third-order valence-electron chi connectivity index (χ3n) is 2.47. The first-order valence-electron chi connectivity index (χ1n) is 5.35. The number of carbonyl (C=O) groups excluding carboxylic acids is 1. The summed E-state index contributed by atoms with van der Waals surface area (Å²) < 4.78 is 0.907. The number of amides is 1. The normalized spacial score (nSPS) is 19.2. The predicted octanol–water partition coefficient (Wildman–Crippen LogP) is 2.29. The minimum atomic E-state index is -0.508. The molecule has 1 aliphatic heterocycles. The van der Waals surface area contributed by atoms with Gasteiger partial charge in [-0.05, 0) is 25.5 Å². The summed E-state index contributed by atoms with van der Waals surface area (Å²) in [6, 6.07) is 0. The molecule has 4 nitrogen and oxygen atoms in total. The van der Waals surface area contributed by atoms with Crippen molar-refractivity contribution in [3.63, 3.8) is 0 Å². The smallest absolute Gasteiger partial charge is 0.267 e. The minimum Gasteiger partial charge on any atom is -0.364 e. The maximum absolute atomic E-state index is 11.2. The first-order chi connectivity index (χ1) is 7.99. The summed E-state index contributed by atoms with van der Waals surface area (Å²) in [6.07, 6.45) is 6.30. The highest BCUT2D eigenvalue weighted by molar-refractivity contribution is 9.11. The molecule has 1 rings (SSSR count). The van der Waals surface area contributed by atoms with Crippen molar-refractivity contribution in [2.24, 2.45) is 10.7 Å². The molecule has 1 heterocycles. The van der Waals surface area contributed by atoms with Gasteiger partial charge in [-0.2, -0.15) is 0 Å². The quantitative estimate of drug-likeness (QED) is 0.869. The van der Waals surface area contributed by atoms with Gasteiger partial charge in [0.1, 0.15) is 11.5 Å². The van der Waals surface area contributed by atoms with Crippen LogP contribution in [0.1, 0.15) is 20.3 Å². The predicted molar refractivity (Wildman–Crippen MR) is 73.5 cm³/mol. The van der Waals surface area contributed by atoms with Gasteiger partial charge in [0.25, 0.3) is 5.91 Å². The second kappa shape index (κ2) is 5.82. The van der Waals surface area contributed by atoms with Gasteiger partial charge in [0.05, 0.1) is 0 Å². The molecule has 0 aromatic carbocycles. The van der Waals surface area contributed by atoms with Gasteiger partial charge < -0.3 is 10.6 Å². The van der Waals surface area contributed by atoms with E-state index in [0.29, 0.717) is 11.5 Å². The number of carbonyl (C=O) groups is 1. The van der Waals surface area contributed by atoms with Crippen LogP contribution in [-0.2, 0) is 4.79 Å². The number of halogens is 1. The lowest BCUT2D eigenvalue weighted by atomic mass is 10.2. The molecule has 1 aliphatic rings. The standard InChI is InChI=1S/C12H16BrN3O/c1-4-8(13)6-11-15-10(12(14)17)7-9(5-2)16(11)3/h4,6-7H,5H2,1-3H3,(H2,14,17)/b8-4+,11-6-. The van der Waals surface area contributed by atoms with Crippen LogP contribution in [0, 0.1) is 0 Å². The van der Waals surface area contributed by atoms with Gasteiger partial charge in [-0.3, -0.25) is 4.79 Å². The Labute approximate surface area is 110 Å². The van der Waals surface area contributed by atoms with Crippen LogP contribution in [0.2, 0.25) is 0 Å². The summed E-state index contributed by atoms with van der Waals surface area (Å²) in [5.74, 6) is 0.190. The zero-order chi connectivity index (χ0) is 13.0. The molecule has 0 aromatic rings. The van der Waals surface area contributed by atoms with Crippen LogP contribution in [0.5, 0.6) is 0 Å². The van der Waals surface area contributed by atoms with E-state index in [1.165, 1.54) is 0 Å². The van der Waals surface area contributed by atoms with Crippen molar-refractivity contribution in [3.8, 4) is 0 Å². The maximum Gasteiger partial charge on any atom is 0.267 e. The lowest BCUT2D eigenvalue weighted by molar-refractivity contribution is -0.111. The second-order valence-electron chi connectivity index (χ2n) is 3.59. The SMILES string of the molecule is C/C=C(Br)\C=C1\N=C(C(N)=O)C=C(CC)N1C. The lowest BCUT2D eigenvalue weighted by Gasteiger charge is -2.26. The molecule has 2 N–H and O–H groups in total. The molecule has 5 heteroatoms. The van der Waals surface area contributed by atoms with E-state index >= 15 is 0 Å². The van der Waals surface area contributed by atoms with E-state index in [1.54, 1.807) is 6.08 Å². The number of hydrogen-bond donors (Lipinski definition) is 1. The molecule has 0 saturated heterocycles. The van der Waals surface area contributed by atoms with Crippen LogP contribution >= 0.6 is 15.9 Å². The van der Waals surface area contributed by atoms with Crippen LogP contribution in [0.25, 0.3) is 0 Å². The van der Waals surface area contributed by atoms with Gasteiger partial charge in [0.2, 0.25) is 0 Å². The lowest BCUT2D eigenvalue weighted by Crippen LogP contribution is -2.29. The number of hydrogen-bond acceptors (Lipinski definition) is 3. The van der Waals surface area contributed by atoms with Crippen LogP contribution in [-0.4, -0.2) is 23.6 Å². The number of nitrogens with zero attached hydrogens (tertiary/aromatic N) is 2. The average Bonchev–Trinajstić information content (AvgIpc) is 2.31. The number of rotatable bonds is 3. The summed E-state index contributed by atoms with van der Waals surface area (Å²) in [4.78, 5) is 17.4. The van der Waals surface area contributed by atoms with E-state index in [-0.39, 0.29) is 0 Å². The molecule has 17 heavy (non-hydrogen) atoms. The van der Waals surface area contributed by atoms with Crippen molar-refractivity contribution >= 4 is 27.5 Å². The van der Waals surface area contributed by atoms with Crippen LogP contribution in [0.15, 0.2) is 39.2 Å². The molecule has 0 fully saturated rings. The highest BCUT2D eigenvalue weighted by Crippen LogP contribution is 2.22. The third-order valence-corrected chi connectivity index (χ3v) is 3.16. The molecule has 1 amide bonds. The summed E-state index contributed by atoms with van der Waals surface area (Å²) >= 11 is 3.39.